The summed E-state index contributed by atoms with van der Waals surface area (Å²) in [5.41, 5.74) is 17.6. The maximum absolute atomic E-state index is 5.02. The van der Waals surface area contributed by atoms with Gasteiger partial charge >= 0.3 is 0 Å². The summed E-state index contributed by atoms with van der Waals surface area (Å²) in [4.78, 5) is 19.1. The summed E-state index contributed by atoms with van der Waals surface area (Å²) in [7, 11) is 0. The van der Waals surface area contributed by atoms with Crippen molar-refractivity contribution >= 4 is 0 Å². The Morgan fingerprint density at radius 3 is 1.16 bits per heavy atom. The molecule has 2 heterocycles. The second-order valence-electron chi connectivity index (χ2n) is 14.2. The molecule has 0 saturated heterocycles. The van der Waals surface area contributed by atoms with Crippen LogP contribution in [-0.4, -0.2) is 19.9 Å². The van der Waals surface area contributed by atoms with Crippen molar-refractivity contribution in [1.82, 2.24) is 19.9 Å². The van der Waals surface area contributed by atoms with Gasteiger partial charge in [0.05, 0.1) is 5.41 Å². The van der Waals surface area contributed by atoms with Crippen molar-refractivity contribution in [2.24, 2.45) is 0 Å². The van der Waals surface area contributed by atoms with Gasteiger partial charge in [0.1, 0.15) is 0 Å². The summed E-state index contributed by atoms with van der Waals surface area (Å²) >= 11 is 0. The third-order valence-electron chi connectivity index (χ3n) is 11.3. The fourth-order valence-electron chi connectivity index (χ4n) is 8.80. The fourth-order valence-corrected chi connectivity index (χ4v) is 8.80. The molecule has 2 aromatic heterocycles. The molecule has 0 saturated carbocycles. The third kappa shape index (κ3) is 4.85. The summed E-state index contributed by atoms with van der Waals surface area (Å²) in [6.07, 6.45) is 3.53. The molecule has 4 heteroatoms. The third-order valence-corrected chi connectivity index (χ3v) is 11.3. The summed E-state index contributed by atoms with van der Waals surface area (Å²) in [5.74, 6) is 1.86. The number of rotatable bonds is 5. The average molecular weight is 701 g/mol. The average Bonchev–Trinajstić information content (AvgIpc) is 3.74. The van der Waals surface area contributed by atoms with Crippen LogP contribution in [0.3, 0.4) is 0 Å². The normalized spacial score (nSPS) is 12.9. The molecule has 7 aromatic carbocycles. The van der Waals surface area contributed by atoms with Crippen molar-refractivity contribution in [1.29, 1.82) is 0 Å². The largest absolute Gasteiger partial charge is 0.265 e. The number of fused-ring (bicyclic) bond motifs is 10. The molecule has 0 atom stereocenters. The van der Waals surface area contributed by atoms with E-state index in [9.17, 15) is 0 Å². The zero-order valence-corrected chi connectivity index (χ0v) is 29.8. The monoisotopic (exact) mass is 700 g/mol. The number of hydrogen-bond donors (Lipinski definition) is 0. The summed E-state index contributed by atoms with van der Waals surface area (Å²) in [5, 5.41) is 0. The zero-order chi connectivity index (χ0) is 36.3. The Morgan fingerprint density at radius 2 is 0.636 bits per heavy atom. The van der Waals surface area contributed by atoms with Crippen LogP contribution < -0.4 is 0 Å². The van der Waals surface area contributed by atoms with Crippen LogP contribution in [0.4, 0.5) is 0 Å². The summed E-state index contributed by atoms with van der Waals surface area (Å²) in [6.45, 7) is 0. The van der Waals surface area contributed by atoms with Crippen molar-refractivity contribution in [3.05, 3.63) is 217 Å². The van der Waals surface area contributed by atoms with E-state index in [2.05, 4.69) is 169 Å². The predicted molar refractivity (Wildman–Crippen MR) is 221 cm³/mol. The standard InChI is InChI=1S/C51H32N4/c1-2-10-33(11-3-1)34-18-22-36(23-19-34)48-53-49(55-50(54-48)38-28-30-52-31-29-38)37-24-20-35(21-25-37)39-26-27-47-43(32-39)42-14-6-9-17-46(42)51(47)44-15-7-4-12-40(44)41-13-5-8-16-45(41)51/h1-32H. The molecular formula is C51H32N4. The Labute approximate surface area is 319 Å². The quantitative estimate of drug-likeness (QED) is 0.179. The van der Waals surface area contributed by atoms with Gasteiger partial charge in [-0.25, -0.2) is 15.0 Å². The first-order valence-corrected chi connectivity index (χ1v) is 18.6. The second kappa shape index (κ2) is 12.4. The molecule has 0 fully saturated rings. The van der Waals surface area contributed by atoms with Gasteiger partial charge in [-0.2, -0.15) is 0 Å². The Balaban J connectivity index is 0.988. The van der Waals surface area contributed by atoms with Gasteiger partial charge in [0.2, 0.25) is 0 Å². The topological polar surface area (TPSA) is 51.6 Å². The highest BCUT2D eigenvalue weighted by molar-refractivity contribution is 5.96. The minimum absolute atomic E-state index is 0.341. The first kappa shape index (κ1) is 31.2. The molecule has 0 N–H and O–H groups in total. The SMILES string of the molecule is c1ccc(-c2ccc(-c3nc(-c4ccncc4)nc(-c4ccc(-c5ccc6c(c5)-c5ccccc5C65c6ccccc6-c6ccccc65)cc4)n3)cc2)cc1. The minimum Gasteiger partial charge on any atom is -0.265 e. The molecule has 0 bridgehead atoms. The molecule has 256 valence electrons. The van der Waals surface area contributed by atoms with Crippen molar-refractivity contribution < 1.29 is 0 Å². The Bertz CT molecular complexity index is 2850. The van der Waals surface area contributed by atoms with Gasteiger partial charge in [0.25, 0.3) is 0 Å². The van der Waals surface area contributed by atoms with Gasteiger partial charge in [0, 0.05) is 29.1 Å². The maximum atomic E-state index is 5.02. The van der Waals surface area contributed by atoms with Crippen molar-refractivity contribution in [2.75, 3.05) is 0 Å². The van der Waals surface area contributed by atoms with Crippen LogP contribution in [0.25, 0.3) is 78.7 Å². The smallest absolute Gasteiger partial charge is 0.164 e. The van der Waals surface area contributed by atoms with Gasteiger partial charge in [0.15, 0.2) is 17.5 Å². The van der Waals surface area contributed by atoms with E-state index in [0.717, 1.165) is 27.8 Å². The number of aromatic nitrogens is 4. The highest BCUT2D eigenvalue weighted by Crippen LogP contribution is 2.62. The van der Waals surface area contributed by atoms with Crippen molar-refractivity contribution in [2.45, 2.75) is 5.41 Å². The molecule has 11 rings (SSSR count). The lowest BCUT2D eigenvalue weighted by molar-refractivity contribution is 0.794. The van der Waals surface area contributed by atoms with E-state index in [1.165, 1.54) is 55.6 Å². The lowest BCUT2D eigenvalue weighted by Gasteiger charge is -2.30. The predicted octanol–water partition coefficient (Wildman–Crippen LogP) is 11.9. The molecule has 4 nitrogen and oxygen atoms in total. The molecule has 0 aliphatic heterocycles. The number of nitrogens with zero attached hydrogens (tertiary/aromatic N) is 4. The van der Waals surface area contributed by atoms with E-state index < -0.39 is 0 Å². The van der Waals surface area contributed by atoms with Gasteiger partial charge in [-0.1, -0.05) is 164 Å². The van der Waals surface area contributed by atoms with E-state index in [4.69, 9.17) is 15.0 Å². The van der Waals surface area contributed by atoms with Crippen molar-refractivity contribution in [3.63, 3.8) is 0 Å². The lowest BCUT2D eigenvalue weighted by Crippen LogP contribution is -2.25. The summed E-state index contributed by atoms with van der Waals surface area (Å²) in [6, 6.07) is 65.1. The van der Waals surface area contributed by atoms with Crippen LogP contribution in [-0.2, 0) is 5.41 Å². The van der Waals surface area contributed by atoms with E-state index >= 15 is 0 Å². The lowest BCUT2D eigenvalue weighted by atomic mass is 9.70. The molecule has 0 unspecified atom stereocenters. The molecule has 2 aliphatic rings. The molecule has 9 aromatic rings. The maximum Gasteiger partial charge on any atom is 0.164 e. The zero-order valence-electron chi connectivity index (χ0n) is 29.8. The Morgan fingerprint density at radius 1 is 0.273 bits per heavy atom. The summed E-state index contributed by atoms with van der Waals surface area (Å²) < 4.78 is 0. The Kier molecular flexibility index (Phi) is 7.04. The van der Waals surface area contributed by atoms with Gasteiger partial charge in [-0.15, -0.1) is 0 Å². The fraction of sp³-hybridized carbons (Fsp3) is 0.0196. The first-order chi connectivity index (χ1) is 27.3. The van der Waals surface area contributed by atoms with Crippen LogP contribution in [0.5, 0.6) is 0 Å². The number of pyridine rings is 1. The molecular weight excluding hydrogens is 669 g/mol. The van der Waals surface area contributed by atoms with E-state index in [1.54, 1.807) is 12.4 Å². The van der Waals surface area contributed by atoms with Gasteiger partial charge in [-0.05, 0) is 85.0 Å². The second-order valence-corrected chi connectivity index (χ2v) is 14.2. The molecule has 0 amide bonds. The number of hydrogen-bond acceptors (Lipinski definition) is 4. The molecule has 55 heavy (non-hydrogen) atoms. The van der Waals surface area contributed by atoms with Crippen molar-refractivity contribution in [3.8, 4) is 78.7 Å². The highest BCUT2D eigenvalue weighted by Gasteiger charge is 2.51. The molecule has 2 aliphatic carbocycles. The molecule has 1 spiro atoms. The van der Waals surface area contributed by atoms with E-state index in [-0.39, 0.29) is 5.41 Å². The number of benzene rings is 7. The first-order valence-electron chi connectivity index (χ1n) is 18.6. The van der Waals surface area contributed by atoms with Crippen LogP contribution in [0.2, 0.25) is 0 Å². The Hall–Kier alpha value is -7.30. The van der Waals surface area contributed by atoms with Crippen LogP contribution >= 0.6 is 0 Å². The van der Waals surface area contributed by atoms with Gasteiger partial charge < -0.3 is 0 Å². The van der Waals surface area contributed by atoms with Crippen LogP contribution in [0, 0.1) is 0 Å². The van der Waals surface area contributed by atoms with E-state index in [0.29, 0.717) is 17.5 Å². The minimum atomic E-state index is -0.341. The molecule has 0 radical (unpaired) electrons. The van der Waals surface area contributed by atoms with Crippen LogP contribution in [0.1, 0.15) is 22.3 Å². The van der Waals surface area contributed by atoms with Crippen LogP contribution in [0.15, 0.2) is 194 Å². The van der Waals surface area contributed by atoms with E-state index in [1.807, 2.05) is 18.2 Å². The highest BCUT2D eigenvalue weighted by atomic mass is 15.0. The van der Waals surface area contributed by atoms with Gasteiger partial charge in [-0.3, -0.25) is 4.98 Å².